The number of aryl methyl sites for hydroxylation is 1. The molecule has 2 aromatic heterocycles. The molecule has 0 aliphatic carbocycles. The molecule has 2 aromatic rings. The average molecular weight is 354 g/mol. The number of nitrogens with one attached hydrogen (secondary N) is 1. The summed E-state index contributed by atoms with van der Waals surface area (Å²) in [5.74, 6) is 0.380. The highest BCUT2D eigenvalue weighted by molar-refractivity contribution is 9.10. The summed E-state index contributed by atoms with van der Waals surface area (Å²) in [6.07, 6.45) is 4.30. The molecule has 21 heavy (non-hydrogen) atoms. The van der Waals surface area contributed by atoms with Gasteiger partial charge >= 0.3 is 0 Å². The first-order chi connectivity index (χ1) is 9.99. The lowest BCUT2D eigenvalue weighted by Gasteiger charge is -2.11. The van der Waals surface area contributed by atoms with Crippen LogP contribution in [0.3, 0.4) is 0 Å². The van der Waals surface area contributed by atoms with Crippen molar-refractivity contribution in [3.8, 4) is 0 Å². The number of hydrogen-bond acceptors (Lipinski definition) is 4. The lowest BCUT2D eigenvalue weighted by Crippen LogP contribution is -2.26. The van der Waals surface area contributed by atoms with E-state index >= 15 is 0 Å². The molecule has 0 saturated heterocycles. The molecule has 114 valence electrons. The van der Waals surface area contributed by atoms with E-state index in [1.54, 1.807) is 12.4 Å². The van der Waals surface area contributed by atoms with Crippen LogP contribution in [0.4, 0.5) is 5.69 Å². The smallest absolute Gasteiger partial charge is 0.283 e. The van der Waals surface area contributed by atoms with Crippen molar-refractivity contribution in [3.05, 3.63) is 39.0 Å². The predicted octanol–water partition coefficient (Wildman–Crippen LogP) is 2.05. The zero-order valence-electron chi connectivity index (χ0n) is 12.5. The number of aromatic nitrogens is 4. The molecule has 0 aliphatic heterocycles. The Balaban J connectivity index is 2.02. The predicted molar refractivity (Wildman–Crippen MR) is 86.4 cm³/mol. The molecule has 0 bridgehead atoms. The fourth-order valence-corrected chi connectivity index (χ4v) is 2.48. The molecule has 0 fully saturated rings. The first kappa shape index (κ1) is 15.8. The molecule has 0 radical (unpaired) electrons. The van der Waals surface area contributed by atoms with Gasteiger partial charge in [-0.25, -0.2) is 4.68 Å². The molecule has 0 aliphatic rings. The van der Waals surface area contributed by atoms with E-state index in [0.717, 1.165) is 17.8 Å². The normalized spacial score (nSPS) is 11.1. The maximum absolute atomic E-state index is 12.2. The Bertz CT molecular complexity index is 662. The van der Waals surface area contributed by atoms with Crippen molar-refractivity contribution < 1.29 is 0 Å². The number of hydrogen-bond donors (Lipinski definition) is 1. The summed E-state index contributed by atoms with van der Waals surface area (Å²) in [6.45, 7) is 5.45. The van der Waals surface area contributed by atoms with Gasteiger partial charge in [-0.2, -0.15) is 10.2 Å². The molecule has 0 spiro atoms. The molecule has 6 nitrogen and oxygen atoms in total. The summed E-state index contributed by atoms with van der Waals surface area (Å²) < 4.78 is 3.86. The summed E-state index contributed by atoms with van der Waals surface area (Å²) in [5, 5.41) is 11.6. The van der Waals surface area contributed by atoms with Gasteiger partial charge < -0.3 is 5.32 Å². The third-order valence-corrected chi connectivity index (χ3v) is 3.91. The highest BCUT2D eigenvalue weighted by Crippen LogP contribution is 2.16. The van der Waals surface area contributed by atoms with Gasteiger partial charge in [-0.05, 0) is 27.9 Å². The number of nitrogens with zero attached hydrogens (tertiary/aromatic N) is 4. The van der Waals surface area contributed by atoms with Gasteiger partial charge in [0.25, 0.3) is 5.56 Å². The van der Waals surface area contributed by atoms with Crippen molar-refractivity contribution in [2.45, 2.75) is 26.8 Å². The van der Waals surface area contributed by atoms with Gasteiger partial charge in [-0.3, -0.25) is 9.48 Å². The van der Waals surface area contributed by atoms with Crippen LogP contribution in [0.15, 0.2) is 27.7 Å². The fourth-order valence-electron chi connectivity index (χ4n) is 2.04. The average Bonchev–Trinajstić information content (AvgIpc) is 2.83. The summed E-state index contributed by atoms with van der Waals surface area (Å²) in [4.78, 5) is 12.2. The minimum Gasteiger partial charge on any atom is -0.382 e. The molecule has 0 unspecified atom stereocenters. The van der Waals surface area contributed by atoms with Gasteiger partial charge in [0.05, 0.1) is 11.9 Å². The summed E-state index contributed by atoms with van der Waals surface area (Å²) in [7, 11) is 1.92. The number of halogens is 1. The zero-order chi connectivity index (χ0) is 15.4. The van der Waals surface area contributed by atoms with E-state index < -0.39 is 0 Å². The van der Waals surface area contributed by atoms with Crippen molar-refractivity contribution in [1.82, 2.24) is 19.6 Å². The Morgan fingerprint density at radius 2 is 2.14 bits per heavy atom. The third-order valence-electron chi connectivity index (χ3n) is 3.14. The van der Waals surface area contributed by atoms with Crippen LogP contribution in [0.1, 0.15) is 19.5 Å². The Morgan fingerprint density at radius 3 is 2.76 bits per heavy atom. The molecule has 2 heterocycles. The summed E-state index contributed by atoms with van der Waals surface area (Å²) in [6, 6.07) is 1.98. The van der Waals surface area contributed by atoms with Gasteiger partial charge in [0.2, 0.25) is 0 Å². The second-order valence-electron chi connectivity index (χ2n) is 5.38. The Kier molecular flexibility index (Phi) is 5.17. The molecule has 7 heteroatoms. The topological polar surface area (TPSA) is 64.7 Å². The Hall–Kier alpha value is -1.63. The molecular weight excluding hydrogens is 334 g/mol. The van der Waals surface area contributed by atoms with E-state index in [0.29, 0.717) is 23.5 Å². The van der Waals surface area contributed by atoms with Crippen LogP contribution < -0.4 is 10.9 Å². The SMILES string of the molecule is CC(C)Cn1ncc(NCCc2ccnn2C)c(Br)c1=O. The van der Waals surface area contributed by atoms with E-state index in [4.69, 9.17) is 0 Å². The fraction of sp³-hybridized carbons (Fsp3) is 0.500. The van der Waals surface area contributed by atoms with Gasteiger partial charge in [-0.15, -0.1) is 0 Å². The van der Waals surface area contributed by atoms with Crippen LogP contribution in [0.2, 0.25) is 0 Å². The van der Waals surface area contributed by atoms with Crippen LogP contribution >= 0.6 is 15.9 Å². The van der Waals surface area contributed by atoms with Crippen LogP contribution in [0.25, 0.3) is 0 Å². The second-order valence-corrected chi connectivity index (χ2v) is 6.17. The van der Waals surface area contributed by atoms with Crippen molar-refractivity contribution >= 4 is 21.6 Å². The zero-order valence-corrected chi connectivity index (χ0v) is 14.1. The maximum Gasteiger partial charge on any atom is 0.283 e. The Morgan fingerprint density at radius 1 is 1.38 bits per heavy atom. The lowest BCUT2D eigenvalue weighted by molar-refractivity contribution is 0.462. The lowest BCUT2D eigenvalue weighted by atomic mass is 10.2. The van der Waals surface area contributed by atoms with Crippen molar-refractivity contribution in [2.75, 3.05) is 11.9 Å². The second kappa shape index (κ2) is 6.89. The molecule has 2 rings (SSSR count). The Labute approximate surface area is 132 Å². The molecule has 0 amide bonds. The minimum atomic E-state index is -0.103. The highest BCUT2D eigenvalue weighted by atomic mass is 79.9. The maximum atomic E-state index is 12.2. The molecule has 1 N–H and O–H groups in total. The number of anilines is 1. The number of rotatable bonds is 6. The van der Waals surface area contributed by atoms with Crippen LogP contribution in [-0.4, -0.2) is 26.1 Å². The standard InChI is InChI=1S/C14H20BrN5O/c1-10(2)9-20-14(21)13(15)12(8-18-20)16-6-4-11-5-7-17-19(11)3/h5,7-8,10,16H,4,6,9H2,1-3H3. The van der Waals surface area contributed by atoms with Gasteiger partial charge in [-0.1, -0.05) is 13.8 Å². The highest BCUT2D eigenvalue weighted by Gasteiger charge is 2.09. The van der Waals surface area contributed by atoms with Crippen LogP contribution in [-0.2, 0) is 20.0 Å². The molecule has 0 saturated carbocycles. The van der Waals surface area contributed by atoms with Crippen molar-refractivity contribution in [3.63, 3.8) is 0 Å². The van der Waals surface area contributed by atoms with Crippen LogP contribution in [0, 0.1) is 5.92 Å². The van der Waals surface area contributed by atoms with Gasteiger partial charge in [0.15, 0.2) is 0 Å². The van der Waals surface area contributed by atoms with Crippen molar-refractivity contribution in [2.24, 2.45) is 13.0 Å². The summed E-state index contributed by atoms with van der Waals surface area (Å²) in [5.41, 5.74) is 1.76. The van der Waals surface area contributed by atoms with E-state index in [2.05, 4.69) is 45.3 Å². The molecular formula is C14H20BrN5O. The minimum absolute atomic E-state index is 0.103. The molecule has 0 atom stereocenters. The van der Waals surface area contributed by atoms with Gasteiger partial charge in [0, 0.05) is 38.4 Å². The third kappa shape index (κ3) is 3.93. The first-order valence-electron chi connectivity index (χ1n) is 6.95. The van der Waals surface area contributed by atoms with E-state index in [-0.39, 0.29) is 5.56 Å². The summed E-state index contributed by atoms with van der Waals surface area (Å²) >= 11 is 3.36. The monoisotopic (exact) mass is 353 g/mol. The van der Waals surface area contributed by atoms with E-state index in [1.807, 2.05) is 17.8 Å². The van der Waals surface area contributed by atoms with E-state index in [9.17, 15) is 4.79 Å². The van der Waals surface area contributed by atoms with Crippen molar-refractivity contribution in [1.29, 1.82) is 0 Å². The molecule has 0 aromatic carbocycles. The quantitative estimate of drug-likeness (QED) is 0.862. The van der Waals surface area contributed by atoms with E-state index in [1.165, 1.54) is 4.68 Å². The van der Waals surface area contributed by atoms with Gasteiger partial charge in [0.1, 0.15) is 4.47 Å². The van der Waals surface area contributed by atoms with Crippen LogP contribution in [0.5, 0.6) is 0 Å². The first-order valence-corrected chi connectivity index (χ1v) is 7.74. The largest absolute Gasteiger partial charge is 0.382 e.